The van der Waals surface area contributed by atoms with Crippen LogP contribution in [0, 0.1) is 0 Å². The van der Waals surface area contributed by atoms with Crippen molar-refractivity contribution in [2.75, 3.05) is 12.3 Å². The Hall–Kier alpha value is -1.14. The van der Waals surface area contributed by atoms with Gasteiger partial charge in [0.1, 0.15) is 24.6 Å². The van der Waals surface area contributed by atoms with Crippen LogP contribution in [0.2, 0.25) is 0 Å². The van der Waals surface area contributed by atoms with E-state index in [0.717, 1.165) is 0 Å². The summed E-state index contributed by atoms with van der Waals surface area (Å²) in [5, 5.41) is 10.5. The summed E-state index contributed by atoms with van der Waals surface area (Å²) >= 11 is 3.26. The van der Waals surface area contributed by atoms with Crippen molar-refractivity contribution in [3.63, 3.8) is 0 Å². The van der Waals surface area contributed by atoms with Crippen LogP contribution in [0.25, 0.3) is 11.2 Å². The Morgan fingerprint density at radius 3 is 3.04 bits per heavy atom. The van der Waals surface area contributed by atoms with Gasteiger partial charge in [-0.05, 0) is 15.9 Å². The second-order valence-corrected chi connectivity index (χ2v) is 7.19. The second kappa shape index (κ2) is 5.18. The van der Waals surface area contributed by atoms with E-state index in [4.69, 9.17) is 19.5 Å². The number of nitrogens with zero attached hydrogens (tertiary/aromatic N) is 4. The first-order chi connectivity index (χ1) is 10.9. The SMILES string of the molecule is Nc1ncnc2c1nc(Br)n2[C@@H]1O[C@@H]2COP(=O)(O)O[C@@H]2[C@H]1O. The molecule has 0 amide bonds. The van der Waals surface area contributed by atoms with Gasteiger partial charge in [0.2, 0.25) is 0 Å². The van der Waals surface area contributed by atoms with Crippen molar-refractivity contribution in [3.8, 4) is 0 Å². The van der Waals surface area contributed by atoms with Gasteiger partial charge in [-0.3, -0.25) is 13.6 Å². The van der Waals surface area contributed by atoms with Crippen LogP contribution in [0.4, 0.5) is 5.82 Å². The fourth-order valence-corrected chi connectivity index (χ4v) is 4.19. The number of aliphatic hydroxyl groups is 1. The molecule has 124 valence electrons. The molecule has 11 nitrogen and oxygen atoms in total. The fraction of sp³-hybridized carbons (Fsp3) is 0.500. The number of phosphoric acid groups is 1. The van der Waals surface area contributed by atoms with E-state index in [0.29, 0.717) is 15.9 Å². The lowest BCUT2D eigenvalue weighted by molar-refractivity contribution is -0.0669. The van der Waals surface area contributed by atoms with Gasteiger partial charge in [-0.1, -0.05) is 0 Å². The summed E-state index contributed by atoms with van der Waals surface area (Å²) in [6, 6.07) is 0. The van der Waals surface area contributed by atoms with Gasteiger partial charge in [0.25, 0.3) is 0 Å². The molecule has 2 saturated heterocycles. The highest BCUT2D eigenvalue weighted by Gasteiger charge is 2.53. The molecule has 2 aliphatic heterocycles. The minimum Gasteiger partial charge on any atom is -0.386 e. The number of rotatable bonds is 1. The van der Waals surface area contributed by atoms with E-state index < -0.39 is 32.4 Å². The molecule has 13 heteroatoms. The summed E-state index contributed by atoms with van der Waals surface area (Å²) in [6.45, 7) is -0.173. The number of hydrogen-bond donors (Lipinski definition) is 3. The van der Waals surface area contributed by atoms with E-state index in [1.807, 2.05) is 0 Å². The Morgan fingerprint density at radius 1 is 1.48 bits per heavy atom. The highest BCUT2D eigenvalue weighted by atomic mass is 79.9. The van der Waals surface area contributed by atoms with Gasteiger partial charge in [0, 0.05) is 0 Å². The van der Waals surface area contributed by atoms with Gasteiger partial charge in [-0.15, -0.1) is 0 Å². The van der Waals surface area contributed by atoms with Gasteiger partial charge in [-0.2, -0.15) is 0 Å². The largest absolute Gasteiger partial charge is 0.472 e. The van der Waals surface area contributed by atoms with E-state index in [-0.39, 0.29) is 12.4 Å². The highest BCUT2D eigenvalue weighted by Crippen LogP contribution is 2.52. The first-order valence-electron chi connectivity index (χ1n) is 6.50. The van der Waals surface area contributed by atoms with Gasteiger partial charge in [0.05, 0.1) is 6.61 Å². The molecule has 0 bridgehead atoms. The summed E-state index contributed by atoms with van der Waals surface area (Å²) in [7, 11) is -4.19. The lowest BCUT2D eigenvalue weighted by atomic mass is 10.1. The number of nitrogens with two attached hydrogens (primary N) is 1. The molecule has 2 aromatic rings. The van der Waals surface area contributed by atoms with Crippen LogP contribution in [0.5, 0.6) is 0 Å². The molecule has 2 aromatic heterocycles. The molecule has 5 atom stereocenters. The maximum Gasteiger partial charge on any atom is 0.472 e. The van der Waals surface area contributed by atoms with Crippen molar-refractivity contribution >= 4 is 40.7 Å². The van der Waals surface area contributed by atoms with E-state index >= 15 is 0 Å². The summed E-state index contributed by atoms with van der Waals surface area (Å²) in [5.74, 6) is 0.179. The number of ether oxygens (including phenoxy) is 1. The number of fused-ring (bicyclic) bond motifs is 2. The van der Waals surface area contributed by atoms with Crippen molar-refractivity contribution in [3.05, 3.63) is 11.1 Å². The molecule has 4 N–H and O–H groups in total. The van der Waals surface area contributed by atoms with E-state index in [9.17, 15) is 14.6 Å². The normalized spacial score (nSPS) is 37.2. The van der Waals surface area contributed by atoms with E-state index in [1.54, 1.807) is 0 Å². The lowest BCUT2D eigenvalue weighted by Crippen LogP contribution is -2.39. The number of hydrogen-bond acceptors (Lipinski definition) is 9. The number of nitrogen functional groups attached to an aromatic ring is 1. The predicted molar refractivity (Wildman–Crippen MR) is 78.0 cm³/mol. The molecule has 0 spiro atoms. The number of phosphoric ester groups is 1. The Morgan fingerprint density at radius 2 is 2.26 bits per heavy atom. The number of halogens is 1. The third kappa shape index (κ3) is 2.38. The average Bonchev–Trinajstić information content (AvgIpc) is 2.97. The number of aliphatic hydroxyl groups excluding tert-OH is 1. The Kier molecular flexibility index (Phi) is 3.47. The molecule has 0 saturated carbocycles. The smallest absolute Gasteiger partial charge is 0.386 e. The summed E-state index contributed by atoms with van der Waals surface area (Å²) in [6.07, 6.45) is -2.62. The zero-order valence-corrected chi connectivity index (χ0v) is 13.8. The van der Waals surface area contributed by atoms with Crippen molar-refractivity contribution in [1.82, 2.24) is 19.5 Å². The molecule has 1 unspecified atom stereocenters. The zero-order chi connectivity index (χ0) is 16.4. The Labute approximate surface area is 137 Å². The third-order valence-electron chi connectivity index (χ3n) is 3.68. The van der Waals surface area contributed by atoms with Crippen LogP contribution in [0.15, 0.2) is 11.1 Å². The first kappa shape index (κ1) is 15.4. The summed E-state index contributed by atoms with van der Waals surface area (Å²) < 4.78 is 28.6. The van der Waals surface area contributed by atoms with Crippen LogP contribution in [-0.4, -0.2) is 54.4 Å². The molecule has 4 heterocycles. The van der Waals surface area contributed by atoms with Gasteiger partial charge in [-0.25, -0.2) is 19.5 Å². The highest BCUT2D eigenvalue weighted by molar-refractivity contribution is 9.10. The van der Waals surface area contributed by atoms with Crippen LogP contribution in [0.3, 0.4) is 0 Å². The topological polar surface area (TPSA) is 155 Å². The van der Waals surface area contributed by atoms with Crippen LogP contribution < -0.4 is 5.73 Å². The van der Waals surface area contributed by atoms with Gasteiger partial charge in [0.15, 0.2) is 27.9 Å². The number of anilines is 1. The van der Waals surface area contributed by atoms with Crippen LogP contribution in [0.1, 0.15) is 6.23 Å². The summed E-state index contributed by atoms with van der Waals surface area (Å²) in [5.41, 5.74) is 6.45. The molecule has 2 fully saturated rings. The molecule has 0 radical (unpaired) electrons. The number of imidazole rings is 1. The maximum atomic E-state index is 11.5. The molecule has 2 aliphatic rings. The summed E-state index contributed by atoms with van der Waals surface area (Å²) in [4.78, 5) is 21.5. The zero-order valence-electron chi connectivity index (χ0n) is 11.3. The molecule has 4 rings (SSSR count). The maximum absolute atomic E-state index is 11.5. The Balaban J connectivity index is 1.76. The fourth-order valence-electron chi connectivity index (χ4n) is 2.67. The van der Waals surface area contributed by atoms with Crippen LogP contribution >= 0.6 is 23.8 Å². The average molecular weight is 408 g/mol. The molecule has 23 heavy (non-hydrogen) atoms. The Bertz CT molecular complexity index is 831. The van der Waals surface area contributed by atoms with Crippen molar-refractivity contribution in [2.45, 2.75) is 24.5 Å². The minimum atomic E-state index is -4.19. The third-order valence-corrected chi connectivity index (χ3v) is 5.23. The quantitative estimate of drug-likeness (QED) is 0.432. The number of aromatic nitrogens is 4. The molecule has 0 aliphatic carbocycles. The molecular weight excluding hydrogens is 397 g/mol. The lowest BCUT2D eigenvalue weighted by Gasteiger charge is -2.27. The second-order valence-electron chi connectivity index (χ2n) is 5.07. The van der Waals surface area contributed by atoms with Crippen molar-refractivity contribution in [2.24, 2.45) is 0 Å². The van der Waals surface area contributed by atoms with Crippen molar-refractivity contribution < 1.29 is 28.3 Å². The van der Waals surface area contributed by atoms with Crippen LogP contribution in [-0.2, 0) is 18.3 Å². The van der Waals surface area contributed by atoms with Gasteiger partial charge < -0.3 is 20.5 Å². The minimum absolute atomic E-state index is 0.173. The molecular formula is C10H11BrN5O6P. The van der Waals surface area contributed by atoms with Crippen molar-refractivity contribution in [1.29, 1.82) is 0 Å². The molecule has 0 aromatic carbocycles. The van der Waals surface area contributed by atoms with E-state index in [1.165, 1.54) is 10.9 Å². The predicted octanol–water partition coefficient (Wildman–Crippen LogP) is -0.0549. The standard InChI is InChI=1S/C10H11BrN5O6P/c11-10-15-4-7(12)13-2-14-8(4)16(10)9-5(17)6-3(21-9)1-20-23(18,19)22-6/h2-3,5-6,9,17H,1H2,(H,18,19)(H2,12,13,14)/t3-,5-,6+,9-/m1/s1. The van der Waals surface area contributed by atoms with Gasteiger partial charge >= 0.3 is 7.82 Å². The van der Waals surface area contributed by atoms with E-state index in [2.05, 4.69) is 30.9 Å². The first-order valence-corrected chi connectivity index (χ1v) is 8.79. The monoisotopic (exact) mass is 407 g/mol.